The number of piperidine rings is 1. The Balaban J connectivity index is 2.07. The van der Waals surface area contributed by atoms with Crippen LogP contribution in [0.5, 0.6) is 0 Å². The number of hydrogen-bond acceptors (Lipinski definition) is 4. The number of rotatable bonds is 1. The van der Waals surface area contributed by atoms with Gasteiger partial charge in [-0.3, -0.25) is 0 Å². The van der Waals surface area contributed by atoms with E-state index in [1.54, 1.807) is 4.52 Å². The maximum atomic E-state index is 5.64. The molecule has 96 valence electrons. The summed E-state index contributed by atoms with van der Waals surface area (Å²) in [7, 11) is 0. The van der Waals surface area contributed by atoms with Crippen molar-refractivity contribution in [3.05, 3.63) is 17.8 Å². The molecule has 1 atom stereocenters. The Hall–Kier alpha value is -1.78. The molecule has 1 saturated heterocycles. The molecule has 0 saturated carbocycles. The van der Waals surface area contributed by atoms with Crippen LogP contribution < -0.4 is 10.6 Å². The molecule has 2 N–H and O–H groups in total. The van der Waals surface area contributed by atoms with Gasteiger partial charge in [-0.2, -0.15) is 4.98 Å². The molecule has 0 bridgehead atoms. The first kappa shape index (κ1) is 11.3. The maximum absolute atomic E-state index is 5.64. The average Bonchev–Trinajstić information content (AvgIpc) is 2.68. The predicted molar refractivity (Wildman–Crippen MR) is 72.8 cm³/mol. The highest BCUT2D eigenvalue weighted by molar-refractivity contribution is 5.59. The summed E-state index contributed by atoms with van der Waals surface area (Å²) >= 11 is 0. The molecule has 0 radical (unpaired) electrons. The third-order valence-corrected chi connectivity index (χ3v) is 3.78. The fraction of sp³-hybridized carbons (Fsp3) is 0.538. The summed E-state index contributed by atoms with van der Waals surface area (Å²) < 4.78 is 1.78. The second kappa shape index (κ2) is 4.15. The molecule has 0 spiro atoms. The van der Waals surface area contributed by atoms with Gasteiger partial charge in [-0.1, -0.05) is 0 Å². The third-order valence-electron chi connectivity index (χ3n) is 3.78. The van der Waals surface area contributed by atoms with Crippen LogP contribution >= 0.6 is 0 Å². The Morgan fingerprint density at radius 2 is 2.22 bits per heavy atom. The van der Waals surface area contributed by atoms with Crippen LogP contribution in [0.3, 0.4) is 0 Å². The summed E-state index contributed by atoms with van der Waals surface area (Å²) in [6.45, 7) is 5.54. The predicted octanol–water partition coefficient (Wildman–Crippen LogP) is 2.00. The van der Waals surface area contributed by atoms with E-state index in [1.807, 2.05) is 0 Å². The smallest absolute Gasteiger partial charge is 0.240 e. The minimum absolute atomic E-state index is 0.332. The van der Waals surface area contributed by atoms with Crippen LogP contribution in [-0.2, 0) is 0 Å². The van der Waals surface area contributed by atoms with E-state index in [0.29, 0.717) is 12.0 Å². The fourth-order valence-corrected chi connectivity index (χ4v) is 2.79. The van der Waals surface area contributed by atoms with Gasteiger partial charge in [-0.05, 0) is 44.7 Å². The SMILES string of the molecule is Cc1cc2nc(N)nn2cc1N1CCCCC1C. The van der Waals surface area contributed by atoms with E-state index in [2.05, 4.69) is 41.1 Å². The van der Waals surface area contributed by atoms with E-state index >= 15 is 0 Å². The van der Waals surface area contributed by atoms with E-state index in [1.165, 1.54) is 30.5 Å². The Morgan fingerprint density at radius 3 is 3.00 bits per heavy atom. The molecule has 0 amide bonds. The molecule has 2 aromatic rings. The topological polar surface area (TPSA) is 59.4 Å². The number of anilines is 2. The number of nitrogens with zero attached hydrogens (tertiary/aromatic N) is 4. The number of nitrogens with two attached hydrogens (primary N) is 1. The van der Waals surface area contributed by atoms with Crippen LogP contribution in [-0.4, -0.2) is 27.2 Å². The molecule has 1 aliphatic rings. The van der Waals surface area contributed by atoms with Gasteiger partial charge in [0.2, 0.25) is 5.95 Å². The van der Waals surface area contributed by atoms with Gasteiger partial charge in [0, 0.05) is 12.6 Å². The van der Waals surface area contributed by atoms with E-state index in [4.69, 9.17) is 5.73 Å². The Bertz CT molecular complexity index is 574. The number of hydrogen-bond donors (Lipinski definition) is 1. The molecule has 2 aromatic heterocycles. The molecule has 1 fully saturated rings. The number of nitrogen functional groups attached to an aromatic ring is 1. The van der Waals surface area contributed by atoms with Gasteiger partial charge in [-0.25, -0.2) is 4.52 Å². The standard InChI is InChI=1S/C13H19N5/c1-9-7-12-15-13(14)16-18(12)8-11(9)17-6-4-3-5-10(17)2/h7-8,10H,3-6H2,1-2H3,(H2,14,16). The lowest BCUT2D eigenvalue weighted by atomic mass is 10.0. The molecular formula is C13H19N5. The molecule has 3 rings (SSSR count). The zero-order chi connectivity index (χ0) is 12.7. The minimum atomic E-state index is 0.332. The van der Waals surface area contributed by atoms with Crippen molar-refractivity contribution < 1.29 is 0 Å². The number of aromatic nitrogens is 3. The van der Waals surface area contributed by atoms with Crippen LogP contribution in [0.4, 0.5) is 11.6 Å². The summed E-state index contributed by atoms with van der Waals surface area (Å²) in [5.41, 5.74) is 8.95. The molecule has 0 aliphatic carbocycles. The highest BCUT2D eigenvalue weighted by atomic mass is 15.3. The van der Waals surface area contributed by atoms with Gasteiger partial charge < -0.3 is 10.6 Å². The second-order valence-corrected chi connectivity index (χ2v) is 5.15. The van der Waals surface area contributed by atoms with Crippen LogP contribution in [0, 0.1) is 6.92 Å². The number of fused-ring (bicyclic) bond motifs is 1. The molecule has 1 aliphatic heterocycles. The lowest BCUT2D eigenvalue weighted by Gasteiger charge is -2.36. The molecule has 1 unspecified atom stereocenters. The Kier molecular flexibility index (Phi) is 2.61. The van der Waals surface area contributed by atoms with Crippen LogP contribution in [0.2, 0.25) is 0 Å². The van der Waals surface area contributed by atoms with Gasteiger partial charge >= 0.3 is 0 Å². The number of pyridine rings is 1. The maximum Gasteiger partial charge on any atom is 0.240 e. The molecule has 3 heterocycles. The second-order valence-electron chi connectivity index (χ2n) is 5.15. The van der Waals surface area contributed by atoms with Crippen molar-refractivity contribution in [1.29, 1.82) is 0 Å². The van der Waals surface area contributed by atoms with Crippen LogP contribution in [0.1, 0.15) is 31.7 Å². The quantitative estimate of drug-likeness (QED) is 0.834. The van der Waals surface area contributed by atoms with Gasteiger partial charge in [0.05, 0.1) is 11.9 Å². The van der Waals surface area contributed by atoms with E-state index in [0.717, 1.165) is 12.2 Å². The monoisotopic (exact) mass is 245 g/mol. The Labute approximate surface area is 107 Å². The van der Waals surface area contributed by atoms with E-state index in [9.17, 15) is 0 Å². The van der Waals surface area contributed by atoms with Gasteiger partial charge in [0.25, 0.3) is 0 Å². The first-order valence-electron chi connectivity index (χ1n) is 6.54. The van der Waals surface area contributed by atoms with Crippen molar-refractivity contribution in [3.63, 3.8) is 0 Å². The first-order chi connectivity index (χ1) is 8.65. The lowest BCUT2D eigenvalue weighted by Crippen LogP contribution is -2.38. The molecule has 0 aromatic carbocycles. The Morgan fingerprint density at radius 1 is 1.39 bits per heavy atom. The summed E-state index contributed by atoms with van der Waals surface area (Å²) in [4.78, 5) is 6.66. The van der Waals surface area contributed by atoms with Crippen molar-refractivity contribution >= 4 is 17.3 Å². The summed E-state index contributed by atoms with van der Waals surface area (Å²) in [5.74, 6) is 0.332. The number of aryl methyl sites for hydroxylation is 1. The van der Waals surface area contributed by atoms with Crippen LogP contribution in [0.15, 0.2) is 12.3 Å². The van der Waals surface area contributed by atoms with Crippen molar-refractivity contribution in [1.82, 2.24) is 14.6 Å². The minimum Gasteiger partial charge on any atom is -0.367 e. The summed E-state index contributed by atoms with van der Waals surface area (Å²) in [5, 5.41) is 4.19. The lowest BCUT2D eigenvalue weighted by molar-refractivity contribution is 0.483. The fourth-order valence-electron chi connectivity index (χ4n) is 2.79. The van der Waals surface area contributed by atoms with Crippen LogP contribution in [0.25, 0.3) is 5.65 Å². The van der Waals surface area contributed by atoms with Gasteiger partial charge in [0.15, 0.2) is 5.65 Å². The average molecular weight is 245 g/mol. The molecule has 18 heavy (non-hydrogen) atoms. The third kappa shape index (κ3) is 1.79. The van der Waals surface area contributed by atoms with Gasteiger partial charge in [-0.15, -0.1) is 5.10 Å². The summed E-state index contributed by atoms with van der Waals surface area (Å²) in [6.07, 6.45) is 5.91. The van der Waals surface area contributed by atoms with Crippen molar-refractivity contribution in [2.75, 3.05) is 17.2 Å². The normalized spacial score (nSPS) is 20.6. The zero-order valence-corrected chi connectivity index (χ0v) is 10.9. The molecular weight excluding hydrogens is 226 g/mol. The van der Waals surface area contributed by atoms with Crippen molar-refractivity contribution in [2.45, 2.75) is 39.2 Å². The van der Waals surface area contributed by atoms with Crippen molar-refractivity contribution in [3.8, 4) is 0 Å². The highest BCUT2D eigenvalue weighted by Crippen LogP contribution is 2.28. The van der Waals surface area contributed by atoms with Gasteiger partial charge in [0.1, 0.15) is 0 Å². The molecule has 5 heteroatoms. The van der Waals surface area contributed by atoms with E-state index < -0.39 is 0 Å². The zero-order valence-electron chi connectivity index (χ0n) is 10.9. The highest BCUT2D eigenvalue weighted by Gasteiger charge is 2.20. The van der Waals surface area contributed by atoms with E-state index in [-0.39, 0.29) is 0 Å². The van der Waals surface area contributed by atoms with Crippen molar-refractivity contribution in [2.24, 2.45) is 0 Å². The summed E-state index contributed by atoms with van der Waals surface area (Å²) in [6, 6.07) is 2.65. The molecule has 5 nitrogen and oxygen atoms in total. The first-order valence-corrected chi connectivity index (χ1v) is 6.54. The largest absolute Gasteiger partial charge is 0.367 e.